The van der Waals surface area contributed by atoms with E-state index in [0.717, 1.165) is 58.7 Å². The third-order valence-corrected chi connectivity index (χ3v) is 4.19. The first-order valence-electron chi connectivity index (χ1n) is 10.3. The fraction of sp³-hybridized carbons (Fsp3) is 1.00. The summed E-state index contributed by atoms with van der Waals surface area (Å²) in [5.41, 5.74) is 0. The predicted octanol–water partition coefficient (Wildman–Crippen LogP) is 4.25. The molecular formula is C20H43NO3. The van der Waals surface area contributed by atoms with Gasteiger partial charge in [-0.2, -0.15) is 0 Å². The van der Waals surface area contributed by atoms with Gasteiger partial charge in [0.15, 0.2) is 0 Å². The van der Waals surface area contributed by atoms with Crippen molar-refractivity contribution in [2.45, 2.75) is 78.1 Å². The van der Waals surface area contributed by atoms with Gasteiger partial charge < -0.3 is 19.5 Å². The third kappa shape index (κ3) is 18.2. The molecule has 0 aromatic carbocycles. The molecule has 24 heavy (non-hydrogen) atoms. The van der Waals surface area contributed by atoms with Gasteiger partial charge in [0, 0.05) is 33.0 Å². The Bertz CT molecular complexity index is 209. The highest BCUT2D eigenvalue weighted by Gasteiger charge is 2.04. The standard InChI is InChI=1S/C20H43NO3/c1-3-5-8-13-21(14-9-6-11-18-23-17-4-2)15-20-24-19-12-7-10-16-22/h22H,3-20H2,1-2H3. The maximum absolute atomic E-state index is 8.75. The third-order valence-electron chi connectivity index (χ3n) is 4.19. The highest BCUT2D eigenvalue weighted by molar-refractivity contribution is 4.59. The van der Waals surface area contributed by atoms with Gasteiger partial charge in [0.25, 0.3) is 0 Å². The minimum Gasteiger partial charge on any atom is -0.396 e. The Balaban J connectivity index is 3.64. The predicted molar refractivity (Wildman–Crippen MR) is 103 cm³/mol. The van der Waals surface area contributed by atoms with E-state index in [4.69, 9.17) is 14.6 Å². The summed E-state index contributed by atoms with van der Waals surface area (Å²) in [5, 5.41) is 8.75. The number of aliphatic hydroxyl groups is 1. The van der Waals surface area contributed by atoms with E-state index in [-0.39, 0.29) is 0 Å². The van der Waals surface area contributed by atoms with Crippen molar-refractivity contribution in [2.75, 3.05) is 52.7 Å². The molecule has 0 aliphatic carbocycles. The van der Waals surface area contributed by atoms with E-state index in [1.165, 1.54) is 51.6 Å². The minimum absolute atomic E-state index is 0.300. The Hall–Kier alpha value is -0.160. The van der Waals surface area contributed by atoms with Crippen LogP contribution in [0.5, 0.6) is 0 Å². The van der Waals surface area contributed by atoms with Crippen LogP contribution in [0.15, 0.2) is 0 Å². The van der Waals surface area contributed by atoms with Crippen LogP contribution in [-0.2, 0) is 9.47 Å². The summed E-state index contributed by atoms with van der Waals surface area (Å²) in [7, 11) is 0. The van der Waals surface area contributed by atoms with Gasteiger partial charge in [0.05, 0.1) is 6.61 Å². The number of rotatable bonds is 20. The molecule has 0 heterocycles. The quantitative estimate of drug-likeness (QED) is 0.335. The summed E-state index contributed by atoms with van der Waals surface area (Å²) >= 11 is 0. The van der Waals surface area contributed by atoms with Crippen LogP contribution in [0.2, 0.25) is 0 Å². The largest absolute Gasteiger partial charge is 0.396 e. The Morgan fingerprint density at radius 1 is 0.583 bits per heavy atom. The van der Waals surface area contributed by atoms with Crippen molar-refractivity contribution in [3.05, 3.63) is 0 Å². The molecule has 1 N–H and O–H groups in total. The van der Waals surface area contributed by atoms with Crippen LogP contribution in [0.1, 0.15) is 78.1 Å². The van der Waals surface area contributed by atoms with Gasteiger partial charge >= 0.3 is 0 Å². The number of nitrogens with zero attached hydrogens (tertiary/aromatic N) is 1. The van der Waals surface area contributed by atoms with E-state index in [9.17, 15) is 0 Å². The fourth-order valence-corrected chi connectivity index (χ4v) is 2.67. The summed E-state index contributed by atoms with van der Waals surface area (Å²) in [4.78, 5) is 2.57. The Morgan fingerprint density at radius 2 is 1.21 bits per heavy atom. The SMILES string of the molecule is CCCCCN(CCCCCOCCC)CCOCCCCCO. The molecule has 4 heteroatoms. The summed E-state index contributed by atoms with van der Waals surface area (Å²) in [6, 6.07) is 0. The first-order chi connectivity index (χ1) is 11.8. The van der Waals surface area contributed by atoms with Crippen LogP contribution in [0.4, 0.5) is 0 Å². The van der Waals surface area contributed by atoms with E-state index < -0.39 is 0 Å². The molecule has 0 rings (SSSR count). The van der Waals surface area contributed by atoms with Gasteiger partial charge in [-0.25, -0.2) is 0 Å². The van der Waals surface area contributed by atoms with Gasteiger partial charge in [0.1, 0.15) is 0 Å². The smallest absolute Gasteiger partial charge is 0.0593 e. The number of hydrogen-bond donors (Lipinski definition) is 1. The van der Waals surface area contributed by atoms with Gasteiger partial charge in [-0.1, -0.05) is 26.7 Å². The highest BCUT2D eigenvalue weighted by Crippen LogP contribution is 2.04. The molecule has 0 unspecified atom stereocenters. The van der Waals surface area contributed by atoms with Crippen LogP contribution >= 0.6 is 0 Å². The van der Waals surface area contributed by atoms with Crippen LogP contribution < -0.4 is 0 Å². The monoisotopic (exact) mass is 345 g/mol. The van der Waals surface area contributed by atoms with Crippen LogP contribution in [0.3, 0.4) is 0 Å². The Morgan fingerprint density at radius 3 is 1.83 bits per heavy atom. The molecule has 0 aliphatic rings. The fourth-order valence-electron chi connectivity index (χ4n) is 2.67. The van der Waals surface area contributed by atoms with E-state index >= 15 is 0 Å². The van der Waals surface area contributed by atoms with Gasteiger partial charge in [-0.05, 0) is 64.5 Å². The molecule has 0 aliphatic heterocycles. The van der Waals surface area contributed by atoms with Crippen molar-refractivity contribution in [2.24, 2.45) is 0 Å². The minimum atomic E-state index is 0.300. The molecule has 0 aromatic heterocycles. The van der Waals surface area contributed by atoms with Crippen LogP contribution in [0, 0.1) is 0 Å². The van der Waals surface area contributed by atoms with Crippen molar-refractivity contribution in [3.63, 3.8) is 0 Å². The molecule has 0 saturated carbocycles. The lowest BCUT2D eigenvalue weighted by Gasteiger charge is -2.22. The zero-order valence-corrected chi connectivity index (χ0v) is 16.4. The molecule has 146 valence electrons. The number of unbranched alkanes of at least 4 members (excludes halogenated alkanes) is 6. The summed E-state index contributed by atoms with van der Waals surface area (Å²) in [5.74, 6) is 0. The van der Waals surface area contributed by atoms with E-state index in [1.807, 2.05) is 0 Å². The summed E-state index contributed by atoms with van der Waals surface area (Å²) < 4.78 is 11.3. The molecule has 0 saturated heterocycles. The molecule has 0 fully saturated rings. The molecule has 0 radical (unpaired) electrons. The van der Waals surface area contributed by atoms with Crippen molar-refractivity contribution in [1.82, 2.24) is 4.90 Å². The average molecular weight is 346 g/mol. The van der Waals surface area contributed by atoms with Crippen LogP contribution in [0.25, 0.3) is 0 Å². The molecule has 0 amide bonds. The molecule has 0 bridgehead atoms. The van der Waals surface area contributed by atoms with Crippen molar-refractivity contribution in [3.8, 4) is 0 Å². The maximum atomic E-state index is 8.75. The normalized spacial score (nSPS) is 11.5. The van der Waals surface area contributed by atoms with E-state index in [2.05, 4.69) is 18.7 Å². The second-order valence-electron chi connectivity index (χ2n) is 6.62. The topological polar surface area (TPSA) is 41.9 Å². The average Bonchev–Trinajstić information content (AvgIpc) is 2.59. The van der Waals surface area contributed by atoms with Gasteiger partial charge in [-0.3, -0.25) is 0 Å². The van der Waals surface area contributed by atoms with E-state index in [1.54, 1.807) is 0 Å². The molecule has 0 spiro atoms. The summed E-state index contributed by atoms with van der Waals surface area (Å²) in [6.07, 6.45) is 11.8. The second kappa shape index (κ2) is 20.9. The second-order valence-corrected chi connectivity index (χ2v) is 6.62. The van der Waals surface area contributed by atoms with Crippen molar-refractivity contribution >= 4 is 0 Å². The molecular weight excluding hydrogens is 302 g/mol. The van der Waals surface area contributed by atoms with E-state index in [0.29, 0.717) is 6.61 Å². The lowest BCUT2D eigenvalue weighted by Crippen LogP contribution is -2.30. The first-order valence-corrected chi connectivity index (χ1v) is 10.3. The van der Waals surface area contributed by atoms with Crippen molar-refractivity contribution < 1.29 is 14.6 Å². The lowest BCUT2D eigenvalue weighted by atomic mass is 10.2. The summed E-state index contributed by atoms with van der Waals surface area (Å²) in [6.45, 7) is 11.6. The first kappa shape index (κ1) is 23.8. The maximum Gasteiger partial charge on any atom is 0.0593 e. The molecule has 4 nitrogen and oxygen atoms in total. The van der Waals surface area contributed by atoms with Crippen LogP contribution in [-0.4, -0.2) is 62.7 Å². The zero-order valence-electron chi connectivity index (χ0n) is 16.4. The van der Waals surface area contributed by atoms with Crippen molar-refractivity contribution in [1.29, 1.82) is 0 Å². The van der Waals surface area contributed by atoms with Gasteiger partial charge in [0.2, 0.25) is 0 Å². The Labute approximate surface area is 150 Å². The molecule has 0 aromatic rings. The lowest BCUT2D eigenvalue weighted by molar-refractivity contribution is 0.0972. The zero-order chi connectivity index (χ0) is 17.7. The highest BCUT2D eigenvalue weighted by atomic mass is 16.5. The number of ether oxygens (including phenoxy) is 2. The Kier molecular flexibility index (Phi) is 20.7. The number of hydrogen-bond acceptors (Lipinski definition) is 4. The number of aliphatic hydroxyl groups excluding tert-OH is 1. The molecule has 0 atom stereocenters. The van der Waals surface area contributed by atoms with Gasteiger partial charge in [-0.15, -0.1) is 0 Å².